The van der Waals surface area contributed by atoms with Crippen LogP contribution in [0.25, 0.3) is 5.69 Å². The number of halogens is 1. The van der Waals surface area contributed by atoms with E-state index in [0.717, 1.165) is 25.0 Å². The van der Waals surface area contributed by atoms with E-state index in [2.05, 4.69) is 5.32 Å². The molecule has 4 N–H and O–H groups in total. The number of aromatic nitrogens is 1. The SMILES string of the molecule is NC(=O)c1c(F)cc(-n2c3c(c4c2CC2(CCC2)CS4(=O)=O)COC3)cc1NC1CCC(O)CC1. The number of aliphatic hydroxyl groups is 1. The van der Waals surface area contributed by atoms with E-state index >= 15 is 4.39 Å². The van der Waals surface area contributed by atoms with Crippen molar-refractivity contribution in [1.82, 2.24) is 4.57 Å². The predicted octanol–water partition coefficient (Wildman–Crippen LogP) is 2.96. The van der Waals surface area contributed by atoms with Crippen LogP contribution in [0, 0.1) is 11.2 Å². The van der Waals surface area contributed by atoms with Crippen molar-refractivity contribution in [2.75, 3.05) is 11.1 Å². The molecule has 1 aromatic carbocycles. The lowest BCUT2D eigenvalue weighted by atomic mass is 9.67. The zero-order chi connectivity index (χ0) is 24.5. The molecule has 2 saturated carbocycles. The van der Waals surface area contributed by atoms with E-state index < -0.39 is 21.6 Å². The highest BCUT2D eigenvalue weighted by molar-refractivity contribution is 7.91. The molecular weight excluding hydrogens is 473 g/mol. The van der Waals surface area contributed by atoms with Crippen LogP contribution < -0.4 is 11.1 Å². The van der Waals surface area contributed by atoms with Gasteiger partial charge in [-0.05, 0) is 62.5 Å². The average molecular weight is 504 g/mol. The fourth-order valence-corrected chi connectivity index (χ4v) is 8.91. The number of carbonyl (C=O) groups is 1. The van der Waals surface area contributed by atoms with E-state index in [-0.39, 0.29) is 42.1 Å². The number of fused-ring (bicyclic) bond motifs is 3. The van der Waals surface area contributed by atoms with E-state index in [0.29, 0.717) is 59.6 Å². The minimum atomic E-state index is -3.50. The maximum absolute atomic E-state index is 15.4. The van der Waals surface area contributed by atoms with Crippen molar-refractivity contribution in [3.05, 3.63) is 40.5 Å². The molecule has 3 heterocycles. The Morgan fingerprint density at radius 3 is 2.57 bits per heavy atom. The third-order valence-corrected chi connectivity index (χ3v) is 10.4. The number of nitrogens with zero attached hydrogens (tertiary/aromatic N) is 1. The Kier molecular flexibility index (Phi) is 5.28. The summed E-state index contributed by atoms with van der Waals surface area (Å²) in [5, 5.41) is 13.1. The number of hydrogen-bond donors (Lipinski definition) is 3. The highest BCUT2D eigenvalue weighted by Gasteiger charge is 2.49. The number of nitrogens with one attached hydrogen (secondary N) is 1. The smallest absolute Gasteiger partial charge is 0.253 e. The van der Waals surface area contributed by atoms with Gasteiger partial charge in [-0.3, -0.25) is 4.79 Å². The summed E-state index contributed by atoms with van der Waals surface area (Å²) in [7, 11) is -3.50. The minimum absolute atomic E-state index is 0.0302. The Labute approximate surface area is 203 Å². The van der Waals surface area contributed by atoms with E-state index in [4.69, 9.17) is 10.5 Å². The van der Waals surface area contributed by atoms with Gasteiger partial charge in [0, 0.05) is 17.3 Å². The maximum atomic E-state index is 15.4. The molecule has 0 atom stereocenters. The summed E-state index contributed by atoms with van der Waals surface area (Å²) in [6.07, 6.45) is 5.66. The first kappa shape index (κ1) is 23.0. The molecule has 0 unspecified atom stereocenters. The van der Waals surface area contributed by atoms with E-state index in [1.807, 2.05) is 4.57 Å². The highest BCUT2D eigenvalue weighted by atomic mass is 32.2. The number of primary amides is 1. The van der Waals surface area contributed by atoms with Crippen LogP contribution in [0.4, 0.5) is 10.1 Å². The lowest BCUT2D eigenvalue weighted by molar-refractivity contribution is 0.0996. The van der Waals surface area contributed by atoms with Crippen LogP contribution in [0.1, 0.15) is 72.3 Å². The monoisotopic (exact) mass is 503 g/mol. The number of nitrogens with two attached hydrogens (primary N) is 1. The minimum Gasteiger partial charge on any atom is -0.393 e. The number of hydrogen-bond acceptors (Lipinski definition) is 6. The van der Waals surface area contributed by atoms with Crippen molar-refractivity contribution >= 4 is 21.4 Å². The van der Waals surface area contributed by atoms with Gasteiger partial charge in [-0.1, -0.05) is 6.42 Å². The first-order valence-corrected chi connectivity index (χ1v) is 14.0. The molecule has 0 radical (unpaired) electrons. The van der Waals surface area contributed by atoms with E-state index in [1.165, 1.54) is 6.07 Å². The Morgan fingerprint density at radius 2 is 1.91 bits per heavy atom. The summed E-state index contributed by atoms with van der Waals surface area (Å²) in [4.78, 5) is 12.5. The molecule has 1 amide bonds. The molecule has 1 aromatic heterocycles. The van der Waals surface area contributed by atoms with Gasteiger partial charge in [-0.25, -0.2) is 12.8 Å². The average Bonchev–Trinajstić information content (AvgIpc) is 3.33. The van der Waals surface area contributed by atoms with Gasteiger partial charge >= 0.3 is 0 Å². The van der Waals surface area contributed by atoms with Crippen molar-refractivity contribution in [3.8, 4) is 5.69 Å². The number of carbonyl (C=O) groups excluding carboxylic acids is 1. The van der Waals surface area contributed by atoms with Crippen LogP contribution in [-0.4, -0.2) is 41.9 Å². The Balaban J connectivity index is 1.50. The van der Waals surface area contributed by atoms with Gasteiger partial charge < -0.3 is 25.5 Å². The summed E-state index contributed by atoms with van der Waals surface area (Å²) < 4.78 is 49.7. The number of amides is 1. The summed E-state index contributed by atoms with van der Waals surface area (Å²) in [6.45, 7) is 0.460. The van der Waals surface area contributed by atoms with E-state index in [9.17, 15) is 18.3 Å². The third kappa shape index (κ3) is 3.68. The molecule has 2 aliphatic heterocycles. The normalized spacial score (nSPS) is 26.1. The number of aliphatic hydroxyl groups excluding tert-OH is 1. The van der Waals surface area contributed by atoms with Crippen molar-refractivity contribution in [2.45, 2.75) is 81.6 Å². The predicted molar refractivity (Wildman–Crippen MR) is 127 cm³/mol. The molecule has 6 rings (SSSR count). The van der Waals surface area contributed by atoms with Crippen LogP contribution in [0.2, 0.25) is 0 Å². The Hall–Kier alpha value is -2.43. The Bertz CT molecular complexity index is 1320. The van der Waals surface area contributed by atoms with Gasteiger partial charge in [0.15, 0.2) is 9.84 Å². The summed E-state index contributed by atoms with van der Waals surface area (Å²) in [5.41, 5.74) is 7.92. The summed E-state index contributed by atoms with van der Waals surface area (Å²) in [5.74, 6) is -1.47. The number of ether oxygens (including phenoxy) is 1. The van der Waals surface area contributed by atoms with Gasteiger partial charge in [0.2, 0.25) is 0 Å². The van der Waals surface area contributed by atoms with Gasteiger partial charge in [0.05, 0.1) is 52.6 Å². The van der Waals surface area contributed by atoms with Crippen molar-refractivity contribution in [1.29, 1.82) is 0 Å². The van der Waals surface area contributed by atoms with Crippen molar-refractivity contribution in [3.63, 3.8) is 0 Å². The first-order chi connectivity index (χ1) is 16.7. The molecule has 0 saturated heterocycles. The topological polar surface area (TPSA) is 124 Å². The lowest BCUT2D eigenvalue weighted by Crippen LogP contribution is -2.43. The second-order valence-corrected chi connectivity index (χ2v) is 12.6. The zero-order valence-electron chi connectivity index (χ0n) is 19.5. The highest BCUT2D eigenvalue weighted by Crippen LogP contribution is 2.52. The summed E-state index contributed by atoms with van der Waals surface area (Å²) >= 11 is 0. The first-order valence-electron chi connectivity index (χ1n) is 12.3. The fraction of sp³-hybridized carbons (Fsp3) is 0.560. The van der Waals surface area contributed by atoms with Crippen LogP contribution in [0.5, 0.6) is 0 Å². The van der Waals surface area contributed by atoms with Crippen LogP contribution in [0.15, 0.2) is 17.0 Å². The second kappa shape index (κ2) is 8.04. The van der Waals surface area contributed by atoms with Gasteiger partial charge in [-0.15, -0.1) is 0 Å². The van der Waals surface area contributed by atoms with Gasteiger partial charge in [0.25, 0.3) is 5.91 Å². The molecule has 2 fully saturated rings. The third-order valence-electron chi connectivity index (χ3n) is 8.31. The van der Waals surface area contributed by atoms with Crippen LogP contribution in [0.3, 0.4) is 0 Å². The van der Waals surface area contributed by atoms with Gasteiger partial charge in [-0.2, -0.15) is 0 Å². The maximum Gasteiger partial charge on any atom is 0.253 e. The molecular formula is C25H30FN3O5S. The number of anilines is 1. The molecule has 0 bridgehead atoms. The summed E-state index contributed by atoms with van der Waals surface area (Å²) in [6, 6.07) is 2.93. The Morgan fingerprint density at radius 1 is 1.17 bits per heavy atom. The van der Waals surface area contributed by atoms with Crippen molar-refractivity contribution in [2.24, 2.45) is 11.1 Å². The largest absolute Gasteiger partial charge is 0.393 e. The second-order valence-electron chi connectivity index (χ2n) is 10.7. The van der Waals surface area contributed by atoms with Gasteiger partial charge in [0.1, 0.15) is 5.82 Å². The molecule has 10 heteroatoms. The van der Waals surface area contributed by atoms with Crippen molar-refractivity contribution < 1.29 is 27.4 Å². The fourth-order valence-electron chi connectivity index (χ4n) is 6.50. The van der Waals surface area contributed by atoms with Crippen LogP contribution >= 0.6 is 0 Å². The molecule has 8 nitrogen and oxygen atoms in total. The zero-order valence-corrected chi connectivity index (χ0v) is 20.3. The number of sulfone groups is 1. The molecule has 188 valence electrons. The standard InChI is InChI=1S/C25H30FN3O5S/c26-18-8-15(9-19(22(18)24(27)31)28-14-2-4-16(30)5-3-14)29-20-10-25(6-1-7-25)13-35(32,33)23(20)17-11-34-12-21(17)29/h8-9,14,16,28,30H,1-7,10-13H2,(H2,27,31). The lowest BCUT2D eigenvalue weighted by Gasteiger charge is -2.44. The van der Waals surface area contributed by atoms with Crippen LogP contribution in [-0.2, 0) is 34.2 Å². The molecule has 2 aromatic rings. The molecule has 1 spiro atoms. The molecule has 4 aliphatic rings. The quantitative estimate of drug-likeness (QED) is 0.589. The number of rotatable bonds is 4. The number of benzene rings is 1. The van der Waals surface area contributed by atoms with E-state index in [1.54, 1.807) is 6.07 Å². The molecule has 35 heavy (non-hydrogen) atoms. The molecule has 2 aliphatic carbocycles.